The van der Waals surface area contributed by atoms with Crippen molar-refractivity contribution in [1.29, 1.82) is 0 Å². The molecular formula is C17H23ClN4O. The second kappa shape index (κ2) is 8.04. The molecule has 2 N–H and O–H groups in total. The van der Waals surface area contributed by atoms with E-state index < -0.39 is 6.10 Å². The number of nitrogens with zero attached hydrogens (tertiary/aromatic N) is 3. The third-order valence-corrected chi connectivity index (χ3v) is 3.89. The number of aromatic nitrogens is 1. The summed E-state index contributed by atoms with van der Waals surface area (Å²) in [7, 11) is 5.64. The van der Waals surface area contributed by atoms with Gasteiger partial charge in [-0.05, 0) is 11.6 Å². The van der Waals surface area contributed by atoms with Crippen molar-refractivity contribution in [3.63, 3.8) is 0 Å². The highest BCUT2D eigenvalue weighted by molar-refractivity contribution is 6.30. The van der Waals surface area contributed by atoms with E-state index in [4.69, 9.17) is 11.6 Å². The Labute approximate surface area is 142 Å². The smallest absolute Gasteiger partial charge is 0.193 e. The van der Waals surface area contributed by atoms with Crippen LogP contribution in [0.25, 0.3) is 0 Å². The molecule has 0 fully saturated rings. The maximum absolute atomic E-state index is 10.2. The van der Waals surface area contributed by atoms with Crippen molar-refractivity contribution in [1.82, 2.24) is 14.8 Å². The van der Waals surface area contributed by atoms with Crippen LogP contribution in [0, 0.1) is 0 Å². The first-order valence-corrected chi connectivity index (χ1v) is 7.84. The molecule has 0 saturated carbocycles. The predicted octanol–water partition coefficient (Wildman–Crippen LogP) is 2.42. The minimum absolute atomic E-state index is 0.398. The van der Waals surface area contributed by atoms with Crippen LogP contribution in [-0.4, -0.2) is 41.2 Å². The Morgan fingerprint density at radius 1 is 1.39 bits per heavy atom. The second-order valence-corrected chi connectivity index (χ2v) is 5.91. The van der Waals surface area contributed by atoms with Gasteiger partial charge in [0.1, 0.15) is 0 Å². The summed E-state index contributed by atoms with van der Waals surface area (Å²) in [5.74, 6) is 0.720. The number of hydrogen-bond donors (Lipinski definition) is 2. The highest BCUT2D eigenvalue weighted by Crippen LogP contribution is 2.14. The molecule has 124 valence electrons. The van der Waals surface area contributed by atoms with Gasteiger partial charge in [-0.1, -0.05) is 41.9 Å². The lowest BCUT2D eigenvalue weighted by Gasteiger charge is -2.23. The van der Waals surface area contributed by atoms with Crippen molar-refractivity contribution in [2.24, 2.45) is 12.0 Å². The molecule has 2 aromatic rings. The number of aliphatic hydroxyl groups is 1. The normalized spacial score (nSPS) is 13.0. The summed E-state index contributed by atoms with van der Waals surface area (Å²) in [6.07, 6.45) is 1.30. The van der Waals surface area contributed by atoms with Crippen LogP contribution in [0.3, 0.4) is 0 Å². The lowest BCUT2D eigenvalue weighted by atomic mass is 10.1. The zero-order valence-corrected chi connectivity index (χ0v) is 14.5. The third kappa shape index (κ3) is 4.74. The van der Waals surface area contributed by atoms with Crippen LogP contribution in [0.2, 0.25) is 5.02 Å². The van der Waals surface area contributed by atoms with Crippen LogP contribution in [0.15, 0.2) is 47.6 Å². The molecule has 1 aromatic carbocycles. The van der Waals surface area contributed by atoms with Crippen molar-refractivity contribution >= 4 is 17.6 Å². The SMILES string of the molecule is CN=C(NCC(O)c1ccccc1)N(C)Cc1cc(Cl)cn1C. The molecule has 0 spiro atoms. The molecular weight excluding hydrogens is 312 g/mol. The lowest BCUT2D eigenvalue weighted by Crippen LogP contribution is -2.40. The number of nitrogens with one attached hydrogen (secondary N) is 1. The van der Waals surface area contributed by atoms with Crippen molar-refractivity contribution < 1.29 is 5.11 Å². The van der Waals surface area contributed by atoms with Gasteiger partial charge in [-0.2, -0.15) is 0 Å². The molecule has 0 amide bonds. The van der Waals surface area contributed by atoms with Crippen molar-refractivity contribution in [2.45, 2.75) is 12.6 Å². The molecule has 0 radical (unpaired) electrons. The van der Waals surface area contributed by atoms with E-state index in [9.17, 15) is 5.11 Å². The van der Waals surface area contributed by atoms with Crippen LogP contribution >= 0.6 is 11.6 Å². The summed E-state index contributed by atoms with van der Waals surface area (Å²) in [5, 5.41) is 14.1. The second-order valence-electron chi connectivity index (χ2n) is 5.47. The fourth-order valence-electron chi connectivity index (χ4n) is 2.41. The van der Waals surface area contributed by atoms with Crippen molar-refractivity contribution in [3.8, 4) is 0 Å². The van der Waals surface area contributed by atoms with Gasteiger partial charge in [-0.15, -0.1) is 0 Å². The molecule has 0 aliphatic rings. The quantitative estimate of drug-likeness (QED) is 0.652. The molecule has 0 aliphatic heterocycles. The Balaban J connectivity index is 1.93. The Morgan fingerprint density at radius 3 is 2.65 bits per heavy atom. The van der Waals surface area contributed by atoms with Crippen LogP contribution in [0.5, 0.6) is 0 Å². The predicted molar refractivity (Wildman–Crippen MR) is 94.7 cm³/mol. The molecule has 2 rings (SSSR count). The van der Waals surface area contributed by atoms with Crippen molar-refractivity contribution in [3.05, 3.63) is 58.9 Å². The molecule has 0 aliphatic carbocycles. The number of benzene rings is 1. The zero-order chi connectivity index (χ0) is 16.8. The maximum Gasteiger partial charge on any atom is 0.193 e. The number of aryl methyl sites for hydroxylation is 1. The molecule has 5 nitrogen and oxygen atoms in total. The first kappa shape index (κ1) is 17.4. The van der Waals surface area contributed by atoms with Gasteiger partial charge in [0.2, 0.25) is 0 Å². The summed E-state index contributed by atoms with van der Waals surface area (Å²) < 4.78 is 1.99. The van der Waals surface area contributed by atoms with Gasteiger partial charge in [-0.3, -0.25) is 4.99 Å². The van der Waals surface area contributed by atoms with E-state index in [0.29, 0.717) is 13.1 Å². The van der Waals surface area contributed by atoms with Crippen LogP contribution in [-0.2, 0) is 13.6 Å². The Kier molecular flexibility index (Phi) is 6.07. The van der Waals surface area contributed by atoms with Gasteiger partial charge in [0.05, 0.1) is 17.7 Å². The minimum atomic E-state index is -0.578. The number of hydrogen-bond acceptors (Lipinski definition) is 2. The van der Waals surface area contributed by atoms with E-state index in [2.05, 4.69) is 10.3 Å². The van der Waals surface area contributed by atoms with Crippen LogP contribution in [0.1, 0.15) is 17.4 Å². The van der Waals surface area contributed by atoms with Gasteiger partial charge in [-0.25, -0.2) is 0 Å². The minimum Gasteiger partial charge on any atom is -0.387 e. The summed E-state index contributed by atoms with van der Waals surface area (Å²) in [4.78, 5) is 6.25. The number of aliphatic imine (C=N–C) groups is 1. The lowest BCUT2D eigenvalue weighted by molar-refractivity contribution is 0.179. The fraction of sp³-hybridized carbons (Fsp3) is 0.353. The summed E-state index contributed by atoms with van der Waals surface area (Å²) in [6.45, 7) is 1.07. The average Bonchev–Trinajstić information content (AvgIpc) is 2.86. The Bertz CT molecular complexity index is 654. The molecule has 23 heavy (non-hydrogen) atoms. The summed E-state index contributed by atoms with van der Waals surface area (Å²) in [5.41, 5.74) is 1.97. The third-order valence-electron chi connectivity index (χ3n) is 3.68. The molecule has 1 aromatic heterocycles. The van der Waals surface area contributed by atoms with E-state index in [1.54, 1.807) is 7.05 Å². The summed E-state index contributed by atoms with van der Waals surface area (Å²) in [6, 6.07) is 11.5. The summed E-state index contributed by atoms with van der Waals surface area (Å²) >= 11 is 6.01. The number of aliphatic hydroxyl groups excluding tert-OH is 1. The van der Waals surface area contributed by atoms with Gasteiger partial charge in [0, 0.05) is 39.6 Å². The molecule has 1 atom stereocenters. The highest BCUT2D eigenvalue weighted by Gasteiger charge is 2.12. The standard InChI is InChI=1S/C17H23ClN4O/c1-19-17(20-10-16(23)13-7-5-4-6-8-13)22(3)12-15-9-14(18)11-21(15)2/h4-9,11,16,23H,10,12H2,1-3H3,(H,19,20). The van der Waals surface area contributed by atoms with E-state index in [1.807, 2.05) is 66.2 Å². The van der Waals surface area contributed by atoms with Gasteiger partial charge in [0.15, 0.2) is 5.96 Å². The van der Waals surface area contributed by atoms with E-state index in [0.717, 1.165) is 22.2 Å². The Morgan fingerprint density at radius 2 is 2.09 bits per heavy atom. The molecule has 6 heteroatoms. The van der Waals surface area contributed by atoms with Gasteiger partial charge in [0.25, 0.3) is 0 Å². The fourth-order valence-corrected chi connectivity index (χ4v) is 2.68. The van der Waals surface area contributed by atoms with Gasteiger partial charge < -0.3 is 19.9 Å². The first-order valence-electron chi connectivity index (χ1n) is 7.46. The van der Waals surface area contributed by atoms with E-state index in [1.165, 1.54) is 0 Å². The van der Waals surface area contributed by atoms with Crippen LogP contribution < -0.4 is 5.32 Å². The Hall–Kier alpha value is -1.98. The monoisotopic (exact) mass is 334 g/mol. The molecule has 0 bridgehead atoms. The van der Waals surface area contributed by atoms with Crippen LogP contribution in [0.4, 0.5) is 0 Å². The molecule has 0 saturated heterocycles. The van der Waals surface area contributed by atoms with E-state index in [-0.39, 0.29) is 0 Å². The van der Waals surface area contributed by atoms with Crippen molar-refractivity contribution in [2.75, 3.05) is 20.6 Å². The molecule has 1 unspecified atom stereocenters. The topological polar surface area (TPSA) is 52.8 Å². The zero-order valence-electron chi connectivity index (χ0n) is 13.7. The maximum atomic E-state index is 10.2. The number of guanidine groups is 1. The number of rotatable bonds is 5. The highest BCUT2D eigenvalue weighted by atomic mass is 35.5. The largest absolute Gasteiger partial charge is 0.387 e. The first-order chi connectivity index (χ1) is 11.0. The number of halogens is 1. The average molecular weight is 335 g/mol. The van der Waals surface area contributed by atoms with Gasteiger partial charge >= 0.3 is 0 Å². The van der Waals surface area contributed by atoms with E-state index >= 15 is 0 Å². The molecule has 1 heterocycles.